The van der Waals surface area contributed by atoms with Crippen molar-refractivity contribution in [3.63, 3.8) is 0 Å². The Bertz CT molecular complexity index is 971. The number of carbonyl (C=O) groups excluding carboxylic acids is 2. The van der Waals surface area contributed by atoms with Crippen molar-refractivity contribution in [1.29, 1.82) is 0 Å². The molecule has 4 nitrogen and oxygen atoms in total. The lowest BCUT2D eigenvalue weighted by Gasteiger charge is -2.31. The third-order valence-electron chi connectivity index (χ3n) is 5.11. The van der Waals surface area contributed by atoms with Crippen LogP contribution >= 0.6 is 0 Å². The first kappa shape index (κ1) is 16.5. The lowest BCUT2D eigenvalue weighted by atomic mass is 9.88. The van der Waals surface area contributed by atoms with E-state index in [0.717, 1.165) is 10.9 Å². The number of nitrogens with one attached hydrogen (secondary N) is 1. The van der Waals surface area contributed by atoms with E-state index in [0.29, 0.717) is 31.5 Å². The van der Waals surface area contributed by atoms with Crippen LogP contribution in [0.3, 0.4) is 0 Å². The summed E-state index contributed by atoms with van der Waals surface area (Å²) in [5.74, 6) is -0.810. The molecule has 0 spiro atoms. The van der Waals surface area contributed by atoms with Crippen molar-refractivity contribution >= 4 is 22.6 Å². The molecule has 0 aliphatic carbocycles. The molecule has 1 N–H and O–H groups in total. The number of para-hydroxylation sites is 1. The Labute approximate surface area is 150 Å². The maximum atomic E-state index is 13.8. The van der Waals surface area contributed by atoms with E-state index in [9.17, 15) is 14.0 Å². The van der Waals surface area contributed by atoms with Crippen molar-refractivity contribution in [3.05, 3.63) is 71.7 Å². The van der Waals surface area contributed by atoms with Gasteiger partial charge in [0, 0.05) is 41.7 Å². The van der Waals surface area contributed by atoms with E-state index in [1.165, 1.54) is 12.1 Å². The first-order chi connectivity index (χ1) is 12.6. The lowest BCUT2D eigenvalue weighted by Crippen LogP contribution is -2.40. The predicted octanol–water partition coefficient (Wildman–Crippen LogP) is 4.04. The smallest absolute Gasteiger partial charge is 0.256 e. The average molecular weight is 350 g/mol. The number of carbonyl (C=O) groups is 2. The van der Waals surface area contributed by atoms with Crippen LogP contribution in [0.25, 0.3) is 10.9 Å². The Morgan fingerprint density at radius 3 is 2.42 bits per heavy atom. The molecule has 1 aliphatic heterocycles. The summed E-state index contributed by atoms with van der Waals surface area (Å²) in [7, 11) is 0. The fourth-order valence-electron chi connectivity index (χ4n) is 3.65. The van der Waals surface area contributed by atoms with Crippen LogP contribution < -0.4 is 0 Å². The number of rotatable bonds is 3. The van der Waals surface area contributed by atoms with Crippen LogP contribution in [0, 0.1) is 11.7 Å². The summed E-state index contributed by atoms with van der Waals surface area (Å²) < 4.78 is 13.8. The van der Waals surface area contributed by atoms with Crippen LogP contribution in [0.15, 0.2) is 54.7 Å². The molecule has 0 saturated carbocycles. The minimum atomic E-state index is -0.505. The number of hydrogen-bond donors (Lipinski definition) is 1. The van der Waals surface area contributed by atoms with Gasteiger partial charge < -0.3 is 9.88 Å². The minimum Gasteiger partial charge on any atom is -0.360 e. The van der Waals surface area contributed by atoms with Crippen LogP contribution in [0.4, 0.5) is 4.39 Å². The molecule has 2 aromatic carbocycles. The molecule has 26 heavy (non-hydrogen) atoms. The number of amides is 1. The van der Waals surface area contributed by atoms with Gasteiger partial charge in [0.1, 0.15) is 5.82 Å². The number of fused-ring (bicyclic) bond motifs is 1. The van der Waals surface area contributed by atoms with Gasteiger partial charge in [0.2, 0.25) is 0 Å². The van der Waals surface area contributed by atoms with Crippen molar-refractivity contribution in [3.8, 4) is 0 Å². The number of piperidine rings is 1. The number of likely N-dealkylation sites (tertiary alicyclic amines) is 1. The molecule has 0 atom stereocenters. The maximum Gasteiger partial charge on any atom is 0.256 e. The normalized spacial score (nSPS) is 15.3. The average Bonchev–Trinajstić information content (AvgIpc) is 3.11. The standard InChI is InChI=1S/C21H19FN2O2/c22-18-7-3-1-6-16(18)21(26)24-11-9-14(10-12-24)20(25)17-13-23-19-8-4-2-5-15(17)19/h1-8,13-14,23H,9-12H2. The second-order valence-electron chi connectivity index (χ2n) is 6.66. The Kier molecular flexibility index (Phi) is 4.29. The highest BCUT2D eigenvalue weighted by Gasteiger charge is 2.30. The zero-order valence-corrected chi connectivity index (χ0v) is 14.2. The van der Waals surface area contributed by atoms with Gasteiger partial charge in [0.25, 0.3) is 5.91 Å². The highest BCUT2D eigenvalue weighted by Crippen LogP contribution is 2.27. The van der Waals surface area contributed by atoms with Gasteiger partial charge >= 0.3 is 0 Å². The second kappa shape index (κ2) is 6.75. The van der Waals surface area contributed by atoms with Gasteiger partial charge in [0.05, 0.1) is 5.56 Å². The number of H-pyrrole nitrogens is 1. The van der Waals surface area contributed by atoms with E-state index in [4.69, 9.17) is 0 Å². The second-order valence-corrected chi connectivity index (χ2v) is 6.66. The van der Waals surface area contributed by atoms with Crippen molar-refractivity contribution in [2.45, 2.75) is 12.8 Å². The van der Waals surface area contributed by atoms with Gasteiger partial charge in [-0.15, -0.1) is 0 Å². The van der Waals surface area contributed by atoms with E-state index in [1.807, 2.05) is 24.3 Å². The van der Waals surface area contributed by atoms with Gasteiger partial charge in [-0.3, -0.25) is 9.59 Å². The number of hydrogen-bond acceptors (Lipinski definition) is 2. The fraction of sp³-hybridized carbons (Fsp3) is 0.238. The van der Waals surface area contributed by atoms with E-state index < -0.39 is 5.82 Å². The van der Waals surface area contributed by atoms with Gasteiger partial charge in [-0.25, -0.2) is 4.39 Å². The summed E-state index contributed by atoms with van der Waals surface area (Å²) in [5.41, 5.74) is 1.75. The molecule has 0 radical (unpaired) electrons. The predicted molar refractivity (Wildman–Crippen MR) is 97.7 cm³/mol. The van der Waals surface area contributed by atoms with Crippen LogP contribution in [-0.4, -0.2) is 34.7 Å². The summed E-state index contributed by atoms with van der Waals surface area (Å²) >= 11 is 0. The molecular weight excluding hydrogens is 331 g/mol. The molecule has 1 fully saturated rings. The molecule has 132 valence electrons. The topological polar surface area (TPSA) is 53.2 Å². The number of ketones is 1. The first-order valence-electron chi connectivity index (χ1n) is 8.79. The molecule has 0 unspecified atom stereocenters. The summed E-state index contributed by atoms with van der Waals surface area (Å²) in [5, 5.41) is 0.933. The third kappa shape index (κ3) is 2.90. The third-order valence-corrected chi connectivity index (χ3v) is 5.11. The SMILES string of the molecule is O=C(c1c[nH]c2ccccc12)C1CCN(C(=O)c2ccccc2F)CC1. The molecule has 5 heteroatoms. The molecule has 4 rings (SSSR count). The van der Waals surface area contributed by atoms with E-state index in [1.54, 1.807) is 23.2 Å². The molecule has 1 aliphatic rings. The summed E-state index contributed by atoms with van der Waals surface area (Å²) in [6.07, 6.45) is 2.96. The number of aromatic nitrogens is 1. The minimum absolute atomic E-state index is 0.0916. The van der Waals surface area contributed by atoms with E-state index >= 15 is 0 Å². The quantitative estimate of drug-likeness (QED) is 0.725. The lowest BCUT2D eigenvalue weighted by molar-refractivity contribution is 0.0647. The van der Waals surface area contributed by atoms with Crippen molar-refractivity contribution in [2.24, 2.45) is 5.92 Å². The van der Waals surface area contributed by atoms with Crippen LogP contribution in [0.1, 0.15) is 33.6 Å². The van der Waals surface area contributed by atoms with Crippen LogP contribution in [-0.2, 0) is 0 Å². The molecule has 1 saturated heterocycles. The van der Waals surface area contributed by atoms with Gasteiger partial charge in [-0.05, 0) is 31.0 Å². The molecular formula is C21H19FN2O2. The first-order valence-corrected chi connectivity index (χ1v) is 8.79. The number of Topliss-reactive ketones (excluding diaryl/α,β-unsaturated/α-hetero) is 1. The molecule has 0 bridgehead atoms. The van der Waals surface area contributed by atoms with E-state index in [2.05, 4.69) is 4.98 Å². The Morgan fingerprint density at radius 2 is 1.65 bits per heavy atom. The van der Waals surface area contributed by atoms with Crippen molar-refractivity contribution < 1.29 is 14.0 Å². The molecule has 3 aromatic rings. The highest BCUT2D eigenvalue weighted by molar-refractivity contribution is 6.09. The van der Waals surface area contributed by atoms with Crippen molar-refractivity contribution in [1.82, 2.24) is 9.88 Å². The highest BCUT2D eigenvalue weighted by atomic mass is 19.1. The summed E-state index contributed by atoms with van der Waals surface area (Å²) in [6, 6.07) is 13.8. The number of nitrogens with zero attached hydrogens (tertiary/aromatic N) is 1. The molecule has 1 amide bonds. The fourth-order valence-corrected chi connectivity index (χ4v) is 3.65. The zero-order valence-electron chi connectivity index (χ0n) is 14.2. The molecule has 1 aromatic heterocycles. The summed E-state index contributed by atoms with van der Waals surface area (Å²) in [4.78, 5) is 30.2. The van der Waals surface area contributed by atoms with Crippen LogP contribution in [0.2, 0.25) is 0 Å². The van der Waals surface area contributed by atoms with E-state index in [-0.39, 0.29) is 23.2 Å². The van der Waals surface area contributed by atoms with Gasteiger partial charge in [0.15, 0.2) is 5.78 Å². The number of aromatic amines is 1. The zero-order chi connectivity index (χ0) is 18.1. The summed E-state index contributed by atoms with van der Waals surface area (Å²) in [6.45, 7) is 0.928. The monoisotopic (exact) mass is 350 g/mol. The Balaban J connectivity index is 1.46. The largest absolute Gasteiger partial charge is 0.360 e. The number of halogens is 1. The van der Waals surface area contributed by atoms with Gasteiger partial charge in [-0.2, -0.15) is 0 Å². The van der Waals surface area contributed by atoms with Gasteiger partial charge in [-0.1, -0.05) is 30.3 Å². The van der Waals surface area contributed by atoms with Crippen molar-refractivity contribution in [2.75, 3.05) is 13.1 Å². The van der Waals surface area contributed by atoms with Crippen LogP contribution in [0.5, 0.6) is 0 Å². The Hall–Kier alpha value is -2.95. The molecule has 2 heterocycles. The Morgan fingerprint density at radius 1 is 0.962 bits per heavy atom. The maximum absolute atomic E-state index is 13.8. The number of benzene rings is 2.